The summed E-state index contributed by atoms with van der Waals surface area (Å²) in [6, 6.07) is 12.2. The minimum absolute atomic E-state index is 0.0286. The van der Waals surface area contributed by atoms with E-state index in [0.717, 1.165) is 30.0 Å². The summed E-state index contributed by atoms with van der Waals surface area (Å²) in [6.07, 6.45) is 4.35. The lowest BCUT2D eigenvalue weighted by Gasteiger charge is -2.32. The molecule has 10 heteroatoms. The minimum Gasteiger partial charge on any atom is -0.352 e. The molecular formula is C25H31Cl2N3O4S. The zero-order valence-corrected chi connectivity index (χ0v) is 22.2. The number of hydrogen-bond donors (Lipinski definition) is 1. The van der Waals surface area contributed by atoms with Crippen molar-refractivity contribution in [2.45, 2.75) is 62.6 Å². The van der Waals surface area contributed by atoms with Gasteiger partial charge >= 0.3 is 0 Å². The molecule has 2 amide bonds. The van der Waals surface area contributed by atoms with E-state index < -0.39 is 28.5 Å². The first kappa shape index (κ1) is 27.5. The van der Waals surface area contributed by atoms with E-state index in [1.165, 1.54) is 36.2 Å². The van der Waals surface area contributed by atoms with Gasteiger partial charge in [0.1, 0.15) is 6.04 Å². The lowest BCUT2D eigenvalue weighted by molar-refractivity contribution is -0.141. The molecule has 1 aliphatic rings. The third kappa shape index (κ3) is 6.97. The van der Waals surface area contributed by atoms with Crippen LogP contribution in [0.5, 0.6) is 0 Å². The average Bonchev–Trinajstić information content (AvgIpc) is 3.33. The summed E-state index contributed by atoms with van der Waals surface area (Å²) >= 11 is 12.2. The number of amides is 2. The molecule has 0 aromatic heterocycles. The predicted octanol–water partition coefficient (Wildman–Crippen LogP) is 4.48. The molecule has 7 nitrogen and oxygen atoms in total. The highest BCUT2D eigenvalue weighted by molar-refractivity contribution is 7.89. The van der Waals surface area contributed by atoms with Gasteiger partial charge in [0.25, 0.3) is 0 Å². The predicted molar refractivity (Wildman–Crippen MR) is 138 cm³/mol. The van der Waals surface area contributed by atoms with Crippen molar-refractivity contribution in [1.82, 2.24) is 14.5 Å². The molecule has 1 aliphatic carbocycles. The molecule has 0 bridgehead atoms. The van der Waals surface area contributed by atoms with Gasteiger partial charge in [-0.05, 0) is 55.2 Å². The summed E-state index contributed by atoms with van der Waals surface area (Å²) in [5.41, 5.74) is 0.679. The highest BCUT2D eigenvalue weighted by atomic mass is 35.5. The Morgan fingerprint density at radius 2 is 1.69 bits per heavy atom. The lowest BCUT2D eigenvalue weighted by atomic mass is 10.1. The van der Waals surface area contributed by atoms with Crippen LogP contribution in [-0.4, -0.2) is 55.1 Å². The third-order valence-electron chi connectivity index (χ3n) is 6.27. The second kappa shape index (κ2) is 12.2. The van der Waals surface area contributed by atoms with Gasteiger partial charge in [0, 0.05) is 29.7 Å². The van der Waals surface area contributed by atoms with Gasteiger partial charge in [0.05, 0.1) is 11.4 Å². The largest absolute Gasteiger partial charge is 0.352 e. The van der Waals surface area contributed by atoms with Crippen molar-refractivity contribution in [3.05, 3.63) is 64.1 Å². The number of sulfonamides is 1. The number of nitrogens with one attached hydrogen (secondary N) is 1. The van der Waals surface area contributed by atoms with E-state index in [9.17, 15) is 18.0 Å². The molecule has 2 aromatic carbocycles. The highest BCUT2D eigenvalue weighted by Crippen LogP contribution is 2.23. The fourth-order valence-corrected chi connectivity index (χ4v) is 5.69. The number of likely N-dealkylation sites (N-methyl/N-ethyl adjacent to an activating group) is 1. The quantitative estimate of drug-likeness (QED) is 0.482. The highest BCUT2D eigenvalue weighted by Gasteiger charge is 2.33. The van der Waals surface area contributed by atoms with E-state index in [-0.39, 0.29) is 23.4 Å². The van der Waals surface area contributed by atoms with Gasteiger partial charge in [-0.3, -0.25) is 9.59 Å². The molecule has 3 rings (SSSR count). The number of nitrogens with zero attached hydrogens (tertiary/aromatic N) is 2. The maximum atomic E-state index is 13.5. The number of benzene rings is 2. The van der Waals surface area contributed by atoms with Gasteiger partial charge in [0.2, 0.25) is 21.8 Å². The van der Waals surface area contributed by atoms with Crippen LogP contribution in [-0.2, 0) is 26.2 Å². The van der Waals surface area contributed by atoms with E-state index in [1.54, 1.807) is 24.3 Å². The Bertz CT molecular complexity index is 1140. The Hall–Kier alpha value is -2.13. The van der Waals surface area contributed by atoms with Crippen molar-refractivity contribution in [2.75, 3.05) is 13.6 Å². The van der Waals surface area contributed by atoms with E-state index >= 15 is 0 Å². The first-order chi connectivity index (χ1) is 16.6. The maximum Gasteiger partial charge on any atom is 0.243 e. The number of hydrogen-bond acceptors (Lipinski definition) is 4. The number of rotatable bonds is 10. The molecule has 0 aliphatic heterocycles. The summed E-state index contributed by atoms with van der Waals surface area (Å²) in [5, 5.41) is 3.95. The molecule has 190 valence electrons. The van der Waals surface area contributed by atoms with E-state index in [1.807, 2.05) is 6.92 Å². The SMILES string of the molecule is CC[C@H](C(=O)NC1CCCC1)N(Cc1ccccc1Cl)C(=O)CN(C)S(=O)(=O)c1ccc(Cl)cc1. The van der Waals surface area contributed by atoms with E-state index in [0.29, 0.717) is 22.0 Å². The van der Waals surface area contributed by atoms with Crippen LogP contribution in [0.2, 0.25) is 10.0 Å². The molecule has 1 fully saturated rings. The Morgan fingerprint density at radius 1 is 1.06 bits per heavy atom. The summed E-state index contributed by atoms with van der Waals surface area (Å²) < 4.78 is 27.0. The van der Waals surface area contributed by atoms with E-state index in [4.69, 9.17) is 23.2 Å². The third-order valence-corrected chi connectivity index (χ3v) is 8.70. The minimum atomic E-state index is -3.94. The molecular weight excluding hydrogens is 509 g/mol. The normalized spacial score (nSPS) is 15.2. The molecule has 1 atom stereocenters. The van der Waals surface area contributed by atoms with Crippen LogP contribution >= 0.6 is 23.2 Å². The molecule has 0 heterocycles. The summed E-state index contributed by atoms with van der Waals surface area (Å²) in [4.78, 5) is 28.2. The Balaban J connectivity index is 1.85. The second-order valence-electron chi connectivity index (χ2n) is 8.74. The standard InChI is InChI=1S/C25H31Cl2N3O4S/c1-3-23(25(32)28-20-9-5-6-10-20)30(16-18-8-4-7-11-22(18)27)24(31)17-29(2)35(33,34)21-14-12-19(26)13-15-21/h4,7-8,11-15,20,23H,3,5-6,9-10,16-17H2,1-2H3,(H,28,32)/t23-/m1/s1. The summed E-state index contributed by atoms with van der Waals surface area (Å²) in [5.74, 6) is -0.721. The van der Waals surface area contributed by atoms with Crippen LogP contribution < -0.4 is 5.32 Å². The second-order valence-corrected chi connectivity index (χ2v) is 11.6. The van der Waals surface area contributed by atoms with Crippen molar-refractivity contribution in [3.63, 3.8) is 0 Å². The Kier molecular flexibility index (Phi) is 9.58. The first-order valence-corrected chi connectivity index (χ1v) is 13.9. The van der Waals surface area contributed by atoms with Crippen molar-refractivity contribution in [1.29, 1.82) is 0 Å². The van der Waals surface area contributed by atoms with Gasteiger partial charge in [-0.15, -0.1) is 0 Å². The van der Waals surface area contributed by atoms with Gasteiger partial charge in [-0.25, -0.2) is 8.42 Å². The molecule has 1 N–H and O–H groups in total. The van der Waals surface area contributed by atoms with Crippen molar-refractivity contribution < 1.29 is 18.0 Å². The lowest BCUT2D eigenvalue weighted by Crippen LogP contribution is -2.53. The number of halogens is 2. The molecule has 0 unspecified atom stereocenters. The van der Waals surface area contributed by atoms with Crippen molar-refractivity contribution in [3.8, 4) is 0 Å². The van der Waals surface area contributed by atoms with Gasteiger partial charge in [-0.2, -0.15) is 4.31 Å². The van der Waals surface area contributed by atoms with Crippen LogP contribution in [0.15, 0.2) is 53.4 Å². The van der Waals surface area contributed by atoms with Crippen LogP contribution in [0.4, 0.5) is 0 Å². The van der Waals surface area contributed by atoms with Crippen LogP contribution in [0.3, 0.4) is 0 Å². The number of carbonyl (C=O) groups is 2. The molecule has 2 aromatic rings. The summed E-state index contributed by atoms with van der Waals surface area (Å²) in [6.45, 7) is 1.49. The van der Waals surface area contributed by atoms with Crippen LogP contribution in [0.1, 0.15) is 44.6 Å². The molecule has 0 spiro atoms. The smallest absolute Gasteiger partial charge is 0.243 e. The fraction of sp³-hybridized carbons (Fsp3) is 0.440. The average molecular weight is 541 g/mol. The van der Waals surface area contributed by atoms with Gasteiger partial charge in [-0.1, -0.05) is 61.2 Å². The Labute approximate surface area is 217 Å². The zero-order chi connectivity index (χ0) is 25.6. The zero-order valence-electron chi connectivity index (χ0n) is 19.9. The van der Waals surface area contributed by atoms with Crippen molar-refractivity contribution in [2.24, 2.45) is 0 Å². The van der Waals surface area contributed by atoms with Crippen molar-refractivity contribution >= 4 is 45.0 Å². The topological polar surface area (TPSA) is 86.8 Å². The molecule has 1 saturated carbocycles. The number of carbonyl (C=O) groups excluding carboxylic acids is 2. The van der Waals surface area contributed by atoms with Gasteiger partial charge < -0.3 is 10.2 Å². The molecule has 0 radical (unpaired) electrons. The van der Waals surface area contributed by atoms with E-state index in [2.05, 4.69) is 5.32 Å². The Morgan fingerprint density at radius 3 is 2.29 bits per heavy atom. The van der Waals surface area contributed by atoms with Gasteiger partial charge in [0.15, 0.2) is 0 Å². The monoisotopic (exact) mass is 539 g/mol. The fourth-order valence-electron chi connectivity index (χ4n) is 4.25. The first-order valence-electron chi connectivity index (χ1n) is 11.7. The molecule has 35 heavy (non-hydrogen) atoms. The summed E-state index contributed by atoms with van der Waals surface area (Å²) in [7, 11) is -2.59. The van der Waals surface area contributed by atoms with Crippen LogP contribution in [0, 0.1) is 0 Å². The maximum absolute atomic E-state index is 13.5. The van der Waals surface area contributed by atoms with Crippen LogP contribution in [0.25, 0.3) is 0 Å². The molecule has 0 saturated heterocycles.